The lowest BCUT2D eigenvalue weighted by Gasteiger charge is -2.39. The second-order valence-electron chi connectivity index (χ2n) is 5.87. The van der Waals surface area contributed by atoms with E-state index in [1.807, 2.05) is 7.11 Å². The third-order valence-corrected chi connectivity index (χ3v) is 4.23. The first kappa shape index (κ1) is 14.9. The highest BCUT2D eigenvalue weighted by Gasteiger charge is 2.38. The molecular weight excluding hydrogens is 212 g/mol. The fourth-order valence-corrected chi connectivity index (χ4v) is 3.02. The van der Waals surface area contributed by atoms with Crippen LogP contribution >= 0.6 is 0 Å². The van der Waals surface area contributed by atoms with E-state index >= 15 is 0 Å². The number of hydrogen-bond acceptors (Lipinski definition) is 3. The fourth-order valence-electron chi connectivity index (χ4n) is 3.02. The van der Waals surface area contributed by atoms with Crippen LogP contribution in [0.3, 0.4) is 0 Å². The average molecular weight is 242 g/mol. The van der Waals surface area contributed by atoms with Gasteiger partial charge < -0.3 is 4.74 Å². The van der Waals surface area contributed by atoms with Crippen LogP contribution in [-0.4, -0.2) is 18.8 Å². The quantitative estimate of drug-likeness (QED) is 0.427. The molecule has 17 heavy (non-hydrogen) atoms. The Labute approximate surface area is 106 Å². The van der Waals surface area contributed by atoms with Crippen molar-refractivity contribution in [2.45, 2.75) is 76.9 Å². The summed E-state index contributed by atoms with van der Waals surface area (Å²) in [5, 5.41) is 0. The summed E-state index contributed by atoms with van der Waals surface area (Å²) >= 11 is 0. The molecular formula is C14H30N2O. The first-order valence-electron chi connectivity index (χ1n) is 7.16. The molecule has 0 aromatic carbocycles. The minimum atomic E-state index is -0.0276. The van der Waals surface area contributed by atoms with Gasteiger partial charge in [-0.25, -0.2) is 0 Å². The van der Waals surface area contributed by atoms with Gasteiger partial charge in [-0.2, -0.15) is 0 Å². The van der Waals surface area contributed by atoms with Gasteiger partial charge in [0, 0.05) is 7.11 Å². The Bertz CT molecular complexity index is 198. The largest absolute Gasteiger partial charge is 0.377 e. The number of hydrogen-bond donors (Lipinski definition) is 2. The third-order valence-electron chi connectivity index (χ3n) is 4.23. The van der Waals surface area contributed by atoms with Crippen LogP contribution in [0.25, 0.3) is 0 Å². The normalized spacial score (nSPS) is 22.4. The van der Waals surface area contributed by atoms with Gasteiger partial charge in [0.25, 0.3) is 0 Å². The maximum absolute atomic E-state index is 5.90. The molecule has 1 rings (SSSR count). The Hall–Kier alpha value is -0.120. The van der Waals surface area contributed by atoms with Gasteiger partial charge in [0.05, 0.1) is 11.6 Å². The fraction of sp³-hybridized carbons (Fsp3) is 1.00. The number of rotatable bonds is 6. The lowest BCUT2D eigenvalue weighted by atomic mass is 9.83. The van der Waals surface area contributed by atoms with Crippen LogP contribution in [0.4, 0.5) is 0 Å². The summed E-state index contributed by atoms with van der Waals surface area (Å²) in [6.07, 6.45) is 9.84. The molecule has 0 saturated heterocycles. The molecule has 1 unspecified atom stereocenters. The standard InChI is InChI=1S/C14H30N2O/c1-12(2)8-9-13(16-15)14(17-3)10-6-4-5-7-11-14/h12-13,16H,4-11,15H2,1-3H3. The monoisotopic (exact) mass is 242 g/mol. The number of nitrogens with one attached hydrogen (secondary N) is 1. The molecule has 0 aromatic heterocycles. The number of hydrazine groups is 1. The van der Waals surface area contributed by atoms with E-state index < -0.39 is 0 Å². The highest BCUT2D eigenvalue weighted by molar-refractivity contribution is 4.93. The molecule has 1 saturated carbocycles. The van der Waals surface area contributed by atoms with Crippen LogP contribution in [0, 0.1) is 5.92 Å². The molecule has 0 aromatic rings. The van der Waals surface area contributed by atoms with Crippen molar-refractivity contribution in [2.24, 2.45) is 11.8 Å². The summed E-state index contributed by atoms with van der Waals surface area (Å²) in [6, 6.07) is 0.299. The van der Waals surface area contributed by atoms with E-state index in [9.17, 15) is 0 Å². The molecule has 1 fully saturated rings. The van der Waals surface area contributed by atoms with Gasteiger partial charge >= 0.3 is 0 Å². The zero-order valence-corrected chi connectivity index (χ0v) is 11.8. The molecule has 0 spiro atoms. The van der Waals surface area contributed by atoms with Crippen LogP contribution < -0.4 is 11.3 Å². The van der Waals surface area contributed by atoms with Crippen molar-refractivity contribution in [2.75, 3.05) is 7.11 Å². The van der Waals surface area contributed by atoms with Crippen LogP contribution in [-0.2, 0) is 4.74 Å². The molecule has 0 bridgehead atoms. The second kappa shape index (κ2) is 7.34. The van der Waals surface area contributed by atoms with Crippen molar-refractivity contribution >= 4 is 0 Å². The van der Waals surface area contributed by atoms with E-state index in [2.05, 4.69) is 19.3 Å². The lowest BCUT2D eigenvalue weighted by Crippen LogP contribution is -2.54. The average Bonchev–Trinajstić information content (AvgIpc) is 2.56. The minimum absolute atomic E-state index is 0.0276. The van der Waals surface area contributed by atoms with Gasteiger partial charge in [-0.3, -0.25) is 11.3 Å². The van der Waals surface area contributed by atoms with Crippen LogP contribution in [0.1, 0.15) is 65.2 Å². The molecule has 102 valence electrons. The highest BCUT2D eigenvalue weighted by Crippen LogP contribution is 2.34. The summed E-state index contributed by atoms with van der Waals surface area (Å²) in [5.74, 6) is 6.50. The Kier molecular flexibility index (Phi) is 6.45. The molecule has 3 N–H and O–H groups in total. The van der Waals surface area contributed by atoms with Crippen molar-refractivity contribution in [3.63, 3.8) is 0 Å². The Balaban J connectivity index is 2.65. The van der Waals surface area contributed by atoms with E-state index in [-0.39, 0.29) is 5.60 Å². The smallest absolute Gasteiger partial charge is 0.0844 e. The van der Waals surface area contributed by atoms with Crippen molar-refractivity contribution in [3.05, 3.63) is 0 Å². The van der Waals surface area contributed by atoms with E-state index in [0.717, 1.165) is 25.2 Å². The third kappa shape index (κ3) is 4.23. The van der Waals surface area contributed by atoms with Gasteiger partial charge in [-0.05, 0) is 31.6 Å². The van der Waals surface area contributed by atoms with Crippen LogP contribution in [0.2, 0.25) is 0 Å². The summed E-state index contributed by atoms with van der Waals surface area (Å²) in [4.78, 5) is 0. The SMILES string of the molecule is COC1(C(CCC(C)C)NN)CCCCCC1. The van der Waals surface area contributed by atoms with Crippen molar-refractivity contribution in [1.82, 2.24) is 5.43 Å². The summed E-state index contributed by atoms with van der Waals surface area (Å²) in [5.41, 5.74) is 2.99. The second-order valence-corrected chi connectivity index (χ2v) is 5.87. The van der Waals surface area contributed by atoms with Crippen LogP contribution in [0.5, 0.6) is 0 Å². The molecule has 1 atom stereocenters. The number of ether oxygens (including phenoxy) is 1. The van der Waals surface area contributed by atoms with Gasteiger partial charge in [0.1, 0.15) is 0 Å². The molecule has 0 heterocycles. The molecule has 1 aliphatic carbocycles. The zero-order chi connectivity index (χ0) is 12.7. The predicted molar refractivity (Wildman–Crippen MR) is 72.6 cm³/mol. The predicted octanol–water partition coefficient (Wildman–Crippen LogP) is 2.99. The van der Waals surface area contributed by atoms with E-state index in [0.29, 0.717) is 6.04 Å². The van der Waals surface area contributed by atoms with Gasteiger partial charge in [-0.1, -0.05) is 39.5 Å². The summed E-state index contributed by atoms with van der Waals surface area (Å²) < 4.78 is 5.90. The van der Waals surface area contributed by atoms with Gasteiger partial charge in [0.2, 0.25) is 0 Å². The van der Waals surface area contributed by atoms with Gasteiger partial charge in [0.15, 0.2) is 0 Å². The van der Waals surface area contributed by atoms with E-state index in [1.54, 1.807) is 0 Å². The first-order valence-corrected chi connectivity index (χ1v) is 7.16. The summed E-state index contributed by atoms with van der Waals surface area (Å²) in [6.45, 7) is 4.53. The van der Waals surface area contributed by atoms with E-state index in [1.165, 1.54) is 32.1 Å². The van der Waals surface area contributed by atoms with Crippen molar-refractivity contribution in [3.8, 4) is 0 Å². The Morgan fingerprint density at radius 2 is 1.71 bits per heavy atom. The zero-order valence-electron chi connectivity index (χ0n) is 11.8. The molecule has 0 amide bonds. The number of methoxy groups -OCH3 is 1. The van der Waals surface area contributed by atoms with E-state index in [4.69, 9.17) is 10.6 Å². The molecule has 3 heteroatoms. The van der Waals surface area contributed by atoms with Crippen molar-refractivity contribution < 1.29 is 4.74 Å². The molecule has 0 radical (unpaired) electrons. The Morgan fingerprint density at radius 3 is 2.12 bits per heavy atom. The Morgan fingerprint density at radius 1 is 1.12 bits per heavy atom. The maximum atomic E-state index is 5.90. The first-order chi connectivity index (χ1) is 8.14. The molecule has 3 nitrogen and oxygen atoms in total. The summed E-state index contributed by atoms with van der Waals surface area (Å²) in [7, 11) is 1.85. The number of nitrogens with two attached hydrogens (primary N) is 1. The minimum Gasteiger partial charge on any atom is -0.377 e. The molecule has 0 aliphatic heterocycles. The topological polar surface area (TPSA) is 47.3 Å². The van der Waals surface area contributed by atoms with Gasteiger partial charge in [-0.15, -0.1) is 0 Å². The van der Waals surface area contributed by atoms with Crippen LogP contribution in [0.15, 0.2) is 0 Å². The maximum Gasteiger partial charge on any atom is 0.0844 e. The lowest BCUT2D eigenvalue weighted by molar-refractivity contribution is -0.0558. The highest BCUT2D eigenvalue weighted by atomic mass is 16.5. The molecule has 1 aliphatic rings. The van der Waals surface area contributed by atoms with Crippen molar-refractivity contribution in [1.29, 1.82) is 0 Å².